The first-order chi connectivity index (χ1) is 7.95. The highest BCUT2D eigenvalue weighted by atomic mass is 32.1. The molecule has 0 aliphatic rings. The molecule has 2 nitrogen and oxygen atoms in total. The molecule has 0 saturated carbocycles. The molecule has 0 saturated heterocycles. The molecule has 2 N–H and O–H groups in total. The van der Waals surface area contributed by atoms with E-state index < -0.39 is 11.1 Å². The Labute approximate surface area is 99.4 Å². The van der Waals surface area contributed by atoms with Crippen LogP contribution in [0.4, 0.5) is 18.9 Å². The van der Waals surface area contributed by atoms with Crippen molar-refractivity contribution in [1.29, 1.82) is 0 Å². The van der Waals surface area contributed by atoms with Crippen molar-refractivity contribution in [2.75, 3.05) is 5.73 Å². The van der Waals surface area contributed by atoms with E-state index in [9.17, 15) is 13.2 Å². The van der Waals surface area contributed by atoms with Crippen LogP contribution in [0, 0.1) is 0 Å². The summed E-state index contributed by atoms with van der Waals surface area (Å²) in [5.41, 5.74) is 6.02. The second-order valence-electron chi connectivity index (χ2n) is 3.32. The normalized spacial score (nSPS) is 11.5. The number of hydrogen-bond acceptors (Lipinski definition) is 3. The predicted molar refractivity (Wildman–Crippen MR) is 60.2 cm³/mol. The maximum absolute atomic E-state index is 12.3. The van der Waals surface area contributed by atoms with Gasteiger partial charge < -0.3 is 10.5 Å². The topological polar surface area (TPSA) is 35.2 Å². The lowest BCUT2D eigenvalue weighted by atomic mass is 10.3. The highest BCUT2D eigenvalue weighted by Gasteiger charge is 2.32. The number of rotatable bonds is 2. The first-order valence-corrected chi connectivity index (χ1v) is 5.52. The average molecular weight is 259 g/mol. The summed E-state index contributed by atoms with van der Waals surface area (Å²) < 4.78 is 42.3. The number of nitrogens with two attached hydrogens (primary N) is 1. The van der Waals surface area contributed by atoms with Gasteiger partial charge in [0.2, 0.25) is 0 Å². The van der Waals surface area contributed by atoms with E-state index in [-0.39, 0.29) is 5.75 Å². The minimum atomic E-state index is -4.33. The number of anilines is 1. The van der Waals surface area contributed by atoms with E-state index in [1.807, 2.05) is 0 Å². The molecule has 0 aliphatic heterocycles. The third kappa shape index (κ3) is 2.91. The maximum Gasteiger partial charge on any atom is 0.425 e. The minimum Gasteiger partial charge on any atom is -0.456 e. The van der Waals surface area contributed by atoms with Gasteiger partial charge in [-0.1, -0.05) is 6.07 Å². The van der Waals surface area contributed by atoms with Crippen LogP contribution < -0.4 is 10.5 Å². The maximum atomic E-state index is 12.3. The third-order valence-electron chi connectivity index (χ3n) is 1.95. The molecule has 2 aromatic rings. The molecule has 2 rings (SSSR count). The second-order valence-corrected chi connectivity index (χ2v) is 4.23. The SMILES string of the molecule is Nc1cccc(Oc2csc(C(F)(F)F)c2)c1. The number of benzene rings is 1. The van der Waals surface area contributed by atoms with Crippen LogP contribution in [0.25, 0.3) is 0 Å². The van der Waals surface area contributed by atoms with Gasteiger partial charge in [-0.05, 0) is 12.1 Å². The van der Waals surface area contributed by atoms with Gasteiger partial charge in [-0.15, -0.1) is 11.3 Å². The summed E-state index contributed by atoms with van der Waals surface area (Å²) in [6.07, 6.45) is -4.33. The van der Waals surface area contributed by atoms with E-state index in [0.29, 0.717) is 22.8 Å². The Kier molecular flexibility index (Phi) is 2.97. The predicted octanol–water partition coefficient (Wildman–Crippen LogP) is 4.14. The van der Waals surface area contributed by atoms with Crippen LogP contribution in [0.15, 0.2) is 35.7 Å². The van der Waals surface area contributed by atoms with Crippen molar-refractivity contribution < 1.29 is 17.9 Å². The van der Waals surface area contributed by atoms with Crippen LogP contribution in [0.5, 0.6) is 11.5 Å². The smallest absolute Gasteiger partial charge is 0.425 e. The van der Waals surface area contributed by atoms with Crippen LogP contribution in [-0.4, -0.2) is 0 Å². The molecule has 1 aromatic carbocycles. The summed E-state index contributed by atoms with van der Waals surface area (Å²) in [7, 11) is 0. The first-order valence-electron chi connectivity index (χ1n) is 4.64. The molecule has 6 heteroatoms. The number of nitrogen functional groups attached to an aromatic ring is 1. The lowest BCUT2D eigenvalue weighted by Crippen LogP contribution is -2.00. The number of thiophene rings is 1. The summed E-state index contributed by atoms with van der Waals surface area (Å²) in [6, 6.07) is 7.48. The fourth-order valence-corrected chi connectivity index (χ4v) is 1.91. The van der Waals surface area contributed by atoms with Gasteiger partial charge in [0.25, 0.3) is 0 Å². The summed E-state index contributed by atoms with van der Waals surface area (Å²) >= 11 is 0.599. The molecule has 0 bridgehead atoms. The van der Waals surface area contributed by atoms with E-state index >= 15 is 0 Å². The largest absolute Gasteiger partial charge is 0.456 e. The zero-order valence-corrected chi connectivity index (χ0v) is 9.31. The average Bonchev–Trinajstić information content (AvgIpc) is 2.65. The van der Waals surface area contributed by atoms with E-state index in [0.717, 1.165) is 6.07 Å². The van der Waals surface area contributed by atoms with Crippen molar-refractivity contribution in [3.05, 3.63) is 40.6 Å². The van der Waals surface area contributed by atoms with Crippen LogP contribution in [0.1, 0.15) is 4.88 Å². The number of halogens is 3. The molecule has 0 radical (unpaired) electrons. The summed E-state index contributed by atoms with van der Waals surface area (Å²) in [5, 5.41) is 1.31. The summed E-state index contributed by atoms with van der Waals surface area (Å²) in [5.74, 6) is 0.574. The monoisotopic (exact) mass is 259 g/mol. The van der Waals surface area contributed by atoms with Crippen molar-refractivity contribution in [3.8, 4) is 11.5 Å². The van der Waals surface area contributed by atoms with Crippen molar-refractivity contribution in [1.82, 2.24) is 0 Å². The van der Waals surface area contributed by atoms with Gasteiger partial charge >= 0.3 is 6.18 Å². The summed E-state index contributed by atoms with van der Waals surface area (Å²) in [6.45, 7) is 0. The van der Waals surface area contributed by atoms with Crippen LogP contribution in [-0.2, 0) is 6.18 Å². The molecule has 0 amide bonds. The fraction of sp³-hybridized carbons (Fsp3) is 0.0909. The Bertz CT molecular complexity index is 521. The van der Waals surface area contributed by atoms with Gasteiger partial charge in [0.1, 0.15) is 16.4 Å². The van der Waals surface area contributed by atoms with Gasteiger partial charge in [-0.3, -0.25) is 0 Å². The van der Waals surface area contributed by atoms with Crippen LogP contribution in [0.2, 0.25) is 0 Å². The van der Waals surface area contributed by atoms with E-state index in [2.05, 4.69) is 0 Å². The molecule has 0 unspecified atom stereocenters. The molecule has 1 heterocycles. The lowest BCUT2D eigenvalue weighted by molar-refractivity contribution is -0.134. The molecular weight excluding hydrogens is 251 g/mol. The van der Waals surface area contributed by atoms with E-state index in [1.165, 1.54) is 5.38 Å². The molecule has 90 valence electrons. The van der Waals surface area contributed by atoms with E-state index in [4.69, 9.17) is 10.5 Å². The molecule has 0 fully saturated rings. The van der Waals surface area contributed by atoms with Crippen molar-refractivity contribution in [3.63, 3.8) is 0 Å². The molecular formula is C11H8F3NOS. The molecule has 0 atom stereocenters. The van der Waals surface area contributed by atoms with Gasteiger partial charge in [0.15, 0.2) is 0 Å². The van der Waals surface area contributed by atoms with Gasteiger partial charge in [-0.25, -0.2) is 0 Å². The van der Waals surface area contributed by atoms with E-state index in [1.54, 1.807) is 24.3 Å². The number of ether oxygens (including phenoxy) is 1. The highest BCUT2D eigenvalue weighted by Crippen LogP contribution is 2.37. The van der Waals surface area contributed by atoms with Gasteiger partial charge in [-0.2, -0.15) is 13.2 Å². The number of hydrogen-bond donors (Lipinski definition) is 1. The fourth-order valence-electron chi connectivity index (χ4n) is 1.24. The number of alkyl halides is 3. The Balaban J connectivity index is 2.17. The van der Waals surface area contributed by atoms with Crippen LogP contribution in [0.3, 0.4) is 0 Å². The summed E-state index contributed by atoms with van der Waals surface area (Å²) in [4.78, 5) is -0.684. The quantitative estimate of drug-likeness (QED) is 0.822. The lowest BCUT2D eigenvalue weighted by Gasteiger charge is -2.04. The molecule has 17 heavy (non-hydrogen) atoms. The zero-order chi connectivity index (χ0) is 12.5. The Morgan fingerprint density at radius 2 is 1.88 bits per heavy atom. The highest BCUT2D eigenvalue weighted by molar-refractivity contribution is 7.10. The first kappa shape index (κ1) is 11.8. The van der Waals surface area contributed by atoms with Crippen molar-refractivity contribution >= 4 is 17.0 Å². The molecule has 1 aromatic heterocycles. The van der Waals surface area contributed by atoms with Gasteiger partial charge in [0, 0.05) is 23.2 Å². The van der Waals surface area contributed by atoms with Crippen LogP contribution >= 0.6 is 11.3 Å². The molecule has 0 spiro atoms. The van der Waals surface area contributed by atoms with Gasteiger partial charge in [0.05, 0.1) is 0 Å². The van der Waals surface area contributed by atoms with Crippen molar-refractivity contribution in [2.24, 2.45) is 0 Å². The third-order valence-corrected chi connectivity index (χ3v) is 2.90. The molecule has 0 aliphatic carbocycles. The standard InChI is InChI=1S/C11H8F3NOS/c12-11(13,14)10-5-9(6-17-10)16-8-3-1-2-7(15)4-8/h1-6H,15H2. The second kappa shape index (κ2) is 4.29. The zero-order valence-electron chi connectivity index (χ0n) is 8.49. The Morgan fingerprint density at radius 3 is 2.47 bits per heavy atom. The minimum absolute atomic E-state index is 0.160. The Morgan fingerprint density at radius 1 is 1.12 bits per heavy atom. The van der Waals surface area contributed by atoms with Crippen molar-refractivity contribution in [2.45, 2.75) is 6.18 Å². The Hall–Kier alpha value is -1.69.